The van der Waals surface area contributed by atoms with E-state index in [0.29, 0.717) is 28.7 Å². The standard InChI is InChI=1S/C24H26N4O5S/c1-3-28-13-12-21-19(14-28)22(18-6-4-5-7-20(18)27-21)24(30)33-15(2)23(29)26-16-8-10-17(11-9-16)34(25,31)32/h4-11,15H,3,12-14H2,1-2H3,(H,26,29)(H2,25,31,32). The van der Waals surface area contributed by atoms with Crippen molar-refractivity contribution in [1.82, 2.24) is 9.88 Å². The first-order chi connectivity index (χ1) is 16.2. The second kappa shape index (κ2) is 9.49. The first-order valence-electron chi connectivity index (χ1n) is 10.9. The minimum atomic E-state index is -3.83. The van der Waals surface area contributed by atoms with Crippen molar-refractivity contribution in [2.45, 2.75) is 37.8 Å². The number of primary sulfonamides is 1. The summed E-state index contributed by atoms with van der Waals surface area (Å²) >= 11 is 0. The van der Waals surface area contributed by atoms with Gasteiger partial charge in [-0.15, -0.1) is 0 Å². The van der Waals surface area contributed by atoms with Crippen molar-refractivity contribution in [2.75, 3.05) is 18.4 Å². The molecule has 10 heteroatoms. The molecule has 1 aromatic heterocycles. The molecule has 1 unspecified atom stereocenters. The van der Waals surface area contributed by atoms with Crippen LogP contribution in [0.2, 0.25) is 0 Å². The van der Waals surface area contributed by atoms with E-state index < -0.39 is 28.0 Å². The van der Waals surface area contributed by atoms with Crippen LogP contribution in [-0.4, -0.2) is 49.4 Å². The predicted molar refractivity (Wildman–Crippen MR) is 128 cm³/mol. The van der Waals surface area contributed by atoms with Crippen LogP contribution >= 0.6 is 0 Å². The number of pyridine rings is 1. The number of hydrogen-bond acceptors (Lipinski definition) is 7. The van der Waals surface area contributed by atoms with Gasteiger partial charge in [0.15, 0.2) is 6.10 Å². The Hall–Kier alpha value is -3.34. The van der Waals surface area contributed by atoms with Gasteiger partial charge >= 0.3 is 5.97 Å². The number of esters is 1. The van der Waals surface area contributed by atoms with Crippen LogP contribution in [0.4, 0.5) is 5.69 Å². The number of rotatable bonds is 6. The molecule has 1 aliphatic heterocycles. The van der Waals surface area contributed by atoms with Crippen LogP contribution in [0.15, 0.2) is 53.4 Å². The van der Waals surface area contributed by atoms with Gasteiger partial charge in [-0.3, -0.25) is 14.7 Å². The van der Waals surface area contributed by atoms with Crippen LogP contribution in [0, 0.1) is 0 Å². The van der Waals surface area contributed by atoms with Crippen molar-refractivity contribution in [1.29, 1.82) is 0 Å². The number of ether oxygens (including phenoxy) is 1. The largest absolute Gasteiger partial charge is 0.449 e. The molecule has 2 heterocycles. The quantitative estimate of drug-likeness (QED) is 0.516. The number of likely N-dealkylation sites (N-methyl/N-ethyl adjacent to an activating group) is 1. The molecule has 3 aromatic rings. The van der Waals surface area contributed by atoms with E-state index in [1.54, 1.807) is 0 Å². The number of nitrogens with zero attached hydrogens (tertiary/aromatic N) is 2. The first kappa shape index (κ1) is 23.8. The van der Waals surface area contributed by atoms with E-state index >= 15 is 0 Å². The number of nitrogens with one attached hydrogen (secondary N) is 1. The molecule has 1 amide bonds. The Labute approximate surface area is 198 Å². The Morgan fingerprint density at radius 2 is 1.88 bits per heavy atom. The summed E-state index contributed by atoms with van der Waals surface area (Å²) in [5, 5.41) is 8.40. The summed E-state index contributed by atoms with van der Waals surface area (Å²) in [4.78, 5) is 32.9. The number of nitrogens with two attached hydrogens (primary N) is 1. The number of carbonyl (C=O) groups excluding carboxylic acids is 2. The summed E-state index contributed by atoms with van der Waals surface area (Å²) < 4.78 is 28.4. The van der Waals surface area contributed by atoms with Crippen LogP contribution < -0.4 is 10.5 Å². The zero-order valence-corrected chi connectivity index (χ0v) is 19.8. The Morgan fingerprint density at radius 1 is 1.18 bits per heavy atom. The maximum atomic E-state index is 13.3. The van der Waals surface area contributed by atoms with Crippen molar-refractivity contribution in [3.63, 3.8) is 0 Å². The van der Waals surface area contributed by atoms with Crippen LogP contribution in [-0.2, 0) is 32.5 Å². The minimum Gasteiger partial charge on any atom is -0.449 e. The molecule has 1 aliphatic rings. The lowest BCUT2D eigenvalue weighted by atomic mass is 9.95. The van der Waals surface area contributed by atoms with E-state index in [9.17, 15) is 18.0 Å². The highest BCUT2D eigenvalue weighted by molar-refractivity contribution is 7.89. The van der Waals surface area contributed by atoms with Gasteiger partial charge in [0.1, 0.15) is 0 Å². The number of amides is 1. The third-order valence-corrected chi connectivity index (χ3v) is 6.81. The third kappa shape index (κ3) is 4.93. The molecule has 0 saturated heterocycles. The Bertz CT molecular complexity index is 1360. The number of sulfonamides is 1. The van der Waals surface area contributed by atoms with Gasteiger partial charge in [0, 0.05) is 41.8 Å². The summed E-state index contributed by atoms with van der Waals surface area (Å²) in [6.07, 6.45) is -0.349. The van der Waals surface area contributed by atoms with E-state index in [2.05, 4.69) is 17.1 Å². The molecule has 3 N–H and O–H groups in total. The fourth-order valence-electron chi connectivity index (χ4n) is 3.99. The monoisotopic (exact) mass is 482 g/mol. The molecule has 4 rings (SSSR count). The Morgan fingerprint density at radius 3 is 2.56 bits per heavy atom. The summed E-state index contributed by atoms with van der Waals surface area (Å²) in [5.74, 6) is -1.13. The molecular weight excluding hydrogens is 456 g/mol. The lowest BCUT2D eigenvalue weighted by molar-refractivity contribution is -0.123. The average molecular weight is 483 g/mol. The van der Waals surface area contributed by atoms with E-state index in [0.717, 1.165) is 30.8 Å². The SMILES string of the molecule is CCN1CCc2nc3ccccc3c(C(=O)OC(C)C(=O)Nc3ccc(S(N)(=O)=O)cc3)c2C1. The van der Waals surface area contributed by atoms with Crippen molar-refractivity contribution < 1.29 is 22.7 Å². The van der Waals surface area contributed by atoms with Crippen LogP contribution in [0.3, 0.4) is 0 Å². The zero-order chi connectivity index (χ0) is 24.5. The Balaban J connectivity index is 1.56. The number of carbonyl (C=O) groups is 2. The lowest BCUT2D eigenvalue weighted by Crippen LogP contribution is -2.34. The van der Waals surface area contributed by atoms with Gasteiger partial charge in [-0.2, -0.15) is 0 Å². The van der Waals surface area contributed by atoms with Crippen molar-refractivity contribution >= 4 is 38.5 Å². The molecule has 0 aliphatic carbocycles. The number of aromatic nitrogens is 1. The molecule has 9 nitrogen and oxygen atoms in total. The van der Waals surface area contributed by atoms with E-state index in [1.807, 2.05) is 24.3 Å². The zero-order valence-electron chi connectivity index (χ0n) is 18.9. The van der Waals surface area contributed by atoms with Gasteiger partial charge in [-0.25, -0.2) is 18.4 Å². The van der Waals surface area contributed by atoms with Crippen molar-refractivity contribution in [2.24, 2.45) is 5.14 Å². The minimum absolute atomic E-state index is 0.0690. The molecule has 34 heavy (non-hydrogen) atoms. The second-order valence-electron chi connectivity index (χ2n) is 8.15. The molecular formula is C24H26N4O5S. The van der Waals surface area contributed by atoms with Gasteiger partial charge in [-0.1, -0.05) is 25.1 Å². The lowest BCUT2D eigenvalue weighted by Gasteiger charge is -2.29. The highest BCUT2D eigenvalue weighted by Gasteiger charge is 2.28. The summed E-state index contributed by atoms with van der Waals surface area (Å²) in [6.45, 7) is 5.86. The van der Waals surface area contributed by atoms with E-state index in [-0.39, 0.29) is 4.90 Å². The van der Waals surface area contributed by atoms with Gasteiger partial charge < -0.3 is 10.1 Å². The number of fused-ring (bicyclic) bond motifs is 2. The number of benzene rings is 2. The maximum absolute atomic E-state index is 13.3. The molecule has 2 aromatic carbocycles. The predicted octanol–water partition coefficient (Wildman–Crippen LogP) is 2.44. The van der Waals surface area contributed by atoms with Crippen molar-refractivity contribution in [3.05, 3.63) is 65.4 Å². The Kier molecular flexibility index (Phi) is 6.65. The molecule has 0 saturated carbocycles. The number of anilines is 1. The van der Waals surface area contributed by atoms with Gasteiger partial charge in [0.25, 0.3) is 5.91 Å². The van der Waals surface area contributed by atoms with Gasteiger partial charge in [-0.05, 0) is 43.8 Å². The average Bonchev–Trinajstić information content (AvgIpc) is 2.81. The summed E-state index contributed by atoms with van der Waals surface area (Å²) in [6, 6.07) is 12.8. The molecule has 1 atom stereocenters. The van der Waals surface area contributed by atoms with Crippen molar-refractivity contribution in [3.8, 4) is 0 Å². The van der Waals surface area contributed by atoms with Crippen LogP contribution in [0.1, 0.15) is 35.5 Å². The normalized spacial score (nSPS) is 14.9. The number of hydrogen-bond donors (Lipinski definition) is 2. The number of para-hydroxylation sites is 1. The molecule has 0 radical (unpaired) electrons. The topological polar surface area (TPSA) is 132 Å². The molecule has 0 spiro atoms. The smallest absolute Gasteiger partial charge is 0.339 e. The molecule has 0 fully saturated rings. The van der Waals surface area contributed by atoms with Gasteiger partial charge in [0.2, 0.25) is 10.0 Å². The first-order valence-corrected chi connectivity index (χ1v) is 12.5. The highest BCUT2D eigenvalue weighted by atomic mass is 32.2. The summed E-state index contributed by atoms with van der Waals surface area (Å²) in [5.41, 5.74) is 3.22. The highest BCUT2D eigenvalue weighted by Crippen LogP contribution is 2.29. The van der Waals surface area contributed by atoms with Gasteiger partial charge in [0.05, 0.1) is 16.0 Å². The van der Waals surface area contributed by atoms with Crippen LogP contribution in [0.25, 0.3) is 10.9 Å². The third-order valence-electron chi connectivity index (χ3n) is 5.88. The second-order valence-corrected chi connectivity index (χ2v) is 9.72. The summed E-state index contributed by atoms with van der Waals surface area (Å²) in [7, 11) is -3.83. The fraction of sp³-hybridized carbons (Fsp3) is 0.292. The maximum Gasteiger partial charge on any atom is 0.339 e. The molecule has 178 valence electrons. The van der Waals surface area contributed by atoms with E-state index in [1.165, 1.54) is 31.2 Å². The molecule has 0 bridgehead atoms. The fourth-order valence-corrected chi connectivity index (χ4v) is 4.51. The van der Waals surface area contributed by atoms with E-state index in [4.69, 9.17) is 14.9 Å². The van der Waals surface area contributed by atoms with Crippen LogP contribution in [0.5, 0.6) is 0 Å².